The SMILES string of the molecule is Cc1ccc(NC(=O)c2cc(N3c4ccccc4CC3C)nc(C)n2)cc1. The number of rotatable bonds is 3. The minimum atomic E-state index is -0.231. The highest BCUT2D eigenvalue weighted by Gasteiger charge is 2.28. The quantitative estimate of drug-likeness (QED) is 0.752. The summed E-state index contributed by atoms with van der Waals surface area (Å²) in [6.45, 7) is 6.00. The number of fused-ring (bicyclic) bond motifs is 1. The molecule has 0 fully saturated rings. The van der Waals surface area contributed by atoms with Crippen molar-refractivity contribution in [3.8, 4) is 0 Å². The molecule has 1 atom stereocenters. The number of nitrogens with one attached hydrogen (secondary N) is 1. The smallest absolute Gasteiger partial charge is 0.274 e. The molecule has 2 aromatic carbocycles. The molecule has 0 saturated carbocycles. The summed E-state index contributed by atoms with van der Waals surface area (Å²) in [5.74, 6) is 1.11. The van der Waals surface area contributed by atoms with Crippen LogP contribution < -0.4 is 10.2 Å². The van der Waals surface area contributed by atoms with E-state index in [2.05, 4.69) is 45.3 Å². The standard InChI is InChI=1S/C22H22N4O/c1-14-8-10-18(11-9-14)25-22(27)19-13-21(24-16(3)23-19)26-15(2)12-17-6-4-5-7-20(17)26/h4-11,13,15H,12H2,1-3H3,(H,25,27). The fourth-order valence-electron chi connectivity index (χ4n) is 3.54. The predicted molar refractivity (Wildman–Crippen MR) is 108 cm³/mol. The van der Waals surface area contributed by atoms with Crippen LogP contribution in [0.2, 0.25) is 0 Å². The van der Waals surface area contributed by atoms with Gasteiger partial charge in [0.05, 0.1) is 0 Å². The lowest BCUT2D eigenvalue weighted by Crippen LogP contribution is -2.26. The van der Waals surface area contributed by atoms with Crippen LogP contribution in [0.4, 0.5) is 17.2 Å². The minimum absolute atomic E-state index is 0.231. The van der Waals surface area contributed by atoms with Gasteiger partial charge in [0.15, 0.2) is 0 Å². The maximum absolute atomic E-state index is 12.7. The van der Waals surface area contributed by atoms with Gasteiger partial charge in [0.25, 0.3) is 5.91 Å². The largest absolute Gasteiger partial charge is 0.323 e. The van der Waals surface area contributed by atoms with Crippen LogP contribution in [0.1, 0.15) is 34.4 Å². The average Bonchev–Trinajstić information content (AvgIpc) is 2.98. The molecule has 2 heterocycles. The maximum atomic E-state index is 12.7. The highest BCUT2D eigenvalue weighted by Crippen LogP contribution is 2.37. The van der Waals surface area contributed by atoms with Crippen molar-refractivity contribution >= 4 is 23.1 Å². The van der Waals surface area contributed by atoms with Crippen molar-refractivity contribution in [3.63, 3.8) is 0 Å². The molecule has 5 nitrogen and oxygen atoms in total. The molecule has 0 radical (unpaired) electrons. The fraction of sp³-hybridized carbons (Fsp3) is 0.227. The van der Waals surface area contributed by atoms with E-state index in [9.17, 15) is 4.79 Å². The van der Waals surface area contributed by atoms with Gasteiger partial charge in [-0.25, -0.2) is 9.97 Å². The molecule has 27 heavy (non-hydrogen) atoms. The zero-order valence-corrected chi connectivity index (χ0v) is 15.7. The van der Waals surface area contributed by atoms with Gasteiger partial charge in [0, 0.05) is 23.5 Å². The summed E-state index contributed by atoms with van der Waals surface area (Å²) >= 11 is 0. The van der Waals surface area contributed by atoms with Crippen LogP contribution in [0, 0.1) is 13.8 Å². The second-order valence-corrected chi connectivity index (χ2v) is 7.03. The Morgan fingerprint density at radius 1 is 1.07 bits per heavy atom. The van der Waals surface area contributed by atoms with E-state index in [4.69, 9.17) is 0 Å². The average molecular weight is 358 g/mol. The lowest BCUT2D eigenvalue weighted by molar-refractivity contribution is 0.102. The number of hydrogen-bond donors (Lipinski definition) is 1. The topological polar surface area (TPSA) is 58.1 Å². The van der Waals surface area contributed by atoms with Crippen molar-refractivity contribution in [2.45, 2.75) is 33.2 Å². The normalized spacial score (nSPS) is 15.5. The highest BCUT2D eigenvalue weighted by molar-refractivity contribution is 6.03. The summed E-state index contributed by atoms with van der Waals surface area (Å²) in [7, 11) is 0. The van der Waals surface area contributed by atoms with E-state index in [1.54, 1.807) is 6.07 Å². The zero-order chi connectivity index (χ0) is 19.0. The summed E-state index contributed by atoms with van der Waals surface area (Å²) in [4.78, 5) is 23.9. The predicted octanol–water partition coefficient (Wildman–Crippen LogP) is 4.43. The van der Waals surface area contributed by atoms with Crippen LogP contribution in [0.25, 0.3) is 0 Å². The van der Waals surface area contributed by atoms with E-state index < -0.39 is 0 Å². The third kappa shape index (κ3) is 3.40. The van der Waals surface area contributed by atoms with E-state index in [0.29, 0.717) is 11.5 Å². The van der Waals surface area contributed by atoms with E-state index >= 15 is 0 Å². The second-order valence-electron chi connectivity index (χ2n) is 7.03. The van der Waals surface area contributed by atoms with Gasteiger partial charge in [-0.15, -0.1) is 0 Å². The van der Waals surface area contributed by atoms with Gasteiger partial charge in [0.1, 0.15) is 17.3 Å². The first-order valence-corrected chi connectivity index (χ1v) is 9.12. The lowest BCUT2D eigenvalue weighted by Gasteiger charge is -2.24. The molecule has 4 rings (SSSR count). The molecule has 5 heteroatoms. The first-order chi connectivity index (χ1) is 13.0. The summed E-state index contributed by atoms with van der Waals surface area (Å²) in [6, 6.07) is 18.1. The molecule has 1 aromatic heterocycles. The van der Waals surface area contributed by atoms with Gasteiger partial charge in [-0.3, -0.25) is 4.79 Å². The Hall–Kier alpha value is -3.21. The molecule has 3 aromatic rings. The Morgan fingerprint density at radius 3 is 2.59 bits per heavy atom. The van der Waals surface area contributed by atoms with Crippen LogP contribution in [0.15, 0.2) is 54.6 Å². The Labute approximate surface area is 159 Å². The number of para-hydroxylation sites is 1. The number of carbonyl (C=O) groups is 1. The molecular formula is C22H22N4O. The monoisotopic (exact) mass is 358 g/mol. The van der Waals surface area contributed by atoms with Crippen molar-refractivity contribution in [2.75, 3.05) is 10.2 Å². The van der Waals surface area contributed by atoms with Gasteiger partial charge in [-0.2, -0.15) is 0 Å². The van der Waals surface area contributed by atoms with Gasteiger partial charge in [0.2, 0.25) is 0 Å². The number of nitrogens with zero attached hydrogens (tertiary/aromatic N) is 3. The van der Waals surface area contributed by atoms with Crippen LogP contribution in [0.3, 0.4) is 0 Å². The number of anilines is 3. The van der Waals surface area contributed by atoms with Gasteiger partial charge >= 0.3 is 0 Å². The van der Waals surface area contributed by atoms with E-state index in [-0.39, 0.29) is 11.9 Å². The van der Waals surface area contributed by atoms with Crippen molar-refractivity contribution < 1.29 is 4.79 Å². The first kappa shape index (κ1) is 17.2. The van der Waals surface area contributed by atoms with E-state index in [0.717, 1.165) is 29.2 Å². The Balaban J connectivity index is 1.66. The Morgan fingerprint density at radius 2 is 1.81 bits per heavy atom. The summed E-state index contributed by atoms with van der Waals surface area (Å²) < 4.78 is 0. The number of aromatic nitrogens is 2. The first-order valence-electron chi connectivity index (χ1n) is 9.12. The van der Waals surface area contributed by atoms with Gasteiger partial charge < -0.3 is 10.2 Å². The maximum Gasteiger partial charge on any atom is 0.274 e. The van der Waals surface area contributed by atoms with E-state index in [1.807, 2.05) is 44.2 Å². The molecule has 1 aliphatic rings. The molecule has 136 valence electrons. The molecule has 1 unspecified atom stereocenters. The number of hydrogen-bond acceptors (Lipinski definition) is 4. The molecule has 0 saturated heterocycles. The Kier molecular flexibility index (Phi) is 4.36. The van der Waals surface area contributed by atoms with Crippen LogP contribution >= 0.6 is 0 Å². The van der Waals surface area contributed by atoms with Crippen LogP contribution in [-0.4, -0.2) is 21.9 Å². The molecule has 1 aliphatic heterocycles. The molecular weight excluding hydrogens is 336 g/mol. The third-order valence-corrected chi connectivity index (χ3v) is 4.82. The molecule has 0 bridgehead atoms. The Bertz CT molecular complexity index is 997. The van der Waals surface area contributed by atoms with Gasteiger partial charge in [-0.1, -0.05) is 35.9 Å². The van der Waals surface area contributed by atoms with Crippen molar-refractivity contribution in [2.24, 2.45) is 0 Å². The number of aryl methyl sites for hydroxylation is 2. The fourth-order valence-corrected chi connectivity index (χ4v) is 3.54. The highest BCUT2D eigenvalue weighted by atomic mass is 16.1. The lowest BCUT2D eigenvalue weighted by atomic mass is 10.1. The van der Waals surface area contributed by atoms with Crippen LogP contribution in [0.5, 0.6) is 0 Å². The molecule has 1 amide bonds. The zero-order valence-electron chi connectivity index (χ0n) is 15.7. The third-order valence-electron chi connectivity index (χ3n) is 4.82. The van der Waals surface area contributed by atoms with Crippen LogP contribution in [-0.2, 0) is 6.42 Å². The second kappa shape index (κ2) is 6.83. The van der Waals surface area contributed by atoms with Crippen molar-refractivity contribution in [1.82, 2.24) is 9.97 Å². The minimum Gasteiger partial charge on any atom is -0.323 e. The molecule has 0 spiro atoms. The number of benzene rings is 2. The summed E-state index contributed by atoms with van der Waals surface area (Å²) in [6.07, 6.45) is 0.962. The molecule has 0 aliphatic carbocycles. The number of carbonyl (C=O) groups excluding carboxylic acids is 1. The number of amides is 1. The van der Waals surface area contributed by atoms with E-state index in [1.165, 1.54) is 5.56 Å². The molecule has 1 N–H and O–H groups in total. The van der Waals surface area contributed by atoms with Crippen molar-refractivity contribution in [3.05, 3.63) is 77.2 Å². The van der Waals surface area contributed by atoms with Crippen molar-refractivity contribution in [1.29, 1.82) is 0 Å². The summed E-state index contributed by atoms with van der Waals surface area (Å²) in [5, 5.41) is 2.91. The van der Waals surface area contributed by atoms with Gasteiger partial charge in [-0.05, 0) is 51.0 Å². The summed E-state index contributed by atoms with van der Waals surface area (Å²) in [5.41, 5.74) is 4.72.